The smallest absolute Gasteiger partial charge is 0.243 e. The molecule has 2 aromatic carbocycles. The molecule has 8 heteroatoms. The lowest BCUT2D eigenvalue weighted by Crippen LogP contribution is -2.40. The number of aromatic nitrogens is 2. The molecule has 3 aromatic rings. The molecule has 0 unspecified atom stereocenters. The SMILES string of the molecule is CCn1c(CSc2ccc(C)cc2)nc2cc(S(=O)(=O)N3CCOCC3)ccc21. The van der Waals surface area contributed by atoms with Crippen LogP contribution in [0.15, 0.2) is 52.3 Å². The molecule has 0 spiro atoms. The van der Waals surface area contributed by atoms with E-state index in [-0.39, 0.29) is 0 Å². The summed E-state index contributed by atoms with van der Waals surface area (Å²) in [6.45, 7) is 6.60. The van der Waals surface area contributed by atoms with Crippen LogP contribution in [0.5, 0.6) is 0 Å². The fraction of sp³-hybridized carbons (Fsp3) is 0.381. The molecule has 29 heavy (non-hydrogen) atoms. The van der Waals surface area contributed by atoms with Crippen molar-refractivity contribution < 1.29 is 13.2 Å². The summed E-state index contributed by atoms with van der Waals surface area (Å²) in [6.07, 6.45) is 0. The van der Waals surface area contributed by atoms with E-state index in [0.717, 1.165) is 29.2 Å². The number of benzene rings is 2. The van der Waals surface area contributed by atoms with E-state index in [4.69, 9.17) is 9.72 Å². The Balaban J connectivity index is 1.62. The first kappa shape index (κ1) is 20.4. The Morgan fingerprint density at radius 1 is 1.10 bits per heavy atom. The third-order valence-corrected chi connectivity index (χ3v) is 8.01. The second-order valence-corrected chi connectivity index (χ2v) is 10.0. The number of fused-ring (bicyclic) bond motifs is 1. The molecule has 1 fully saturated rings. The lowest BCUT2D eigenvalue weighted by atomic mass is 10.2. The minimum atomic E-state index is -3.52. The number of thioether (sulfide) groups is 1. The number of rotatable bonds is 6. The Morgan fingerprint density at radius 3 is 2.52 bits per heavy atom. The van der Waals surface area contributed by atoms with Gasteiger partial charge in [0.25, 0.3) is 0 Å². The molecule has 1 aliphatic heterocycles. The molecule has 0 amide bonds. The van der Waals surface area contributed by atoms with E-state index in [0.29, 0.717) is 31.2 Å². The standard InChI is InChI=1S/C21H25N3O3S2/c1-3-24-20-9-8-18(29(25,26)23-10-12-27-13-11-23)14-19(20)22-21(24)15-28-17-6-4-16(2)5-7-17/h4-9,14H,3,10-13,15H2,1-2H3. The summed E-state index contributed by atoms with van der Waals surface area (Å²) in [6, 6.07) is 13.7. The van der Waals surface area contributed by atoms with E-state index in [2.05, 4.69) is 42.7 Å². The van der Waals surface area contributed by atoms with Crippen molar-refractivity contribution in [2.75, 3.05) is 26.3 Å². The highest BCUT2D eigenvalue weighted by Crippen LogP contribution is 2.27. The molecule has 4 rings (SSSR count). The van der Waals surface area contributed by atoms with Gasteiger partial charge in [0, 0.05) is 24.5 Å². The highest BCUT2D eigenvalue weighted by Gasteiger charge is 2.27. The van der Waals surface area contributed by atoms with Gasteiger partial charge in [-0.25, -0.2) is 13.4 Å². The Labute approximate surface area is 175 Å². The molecule has 2 heterocycles. The molecule has 0 radical (unpaired) electrons. The van der Waals surface area contributed by atoms with Crippen LogP contribution in [0.1, 0.15) is 18.3 Å². The monoisotopic (exact) mass is 431 g/mol. The zero-order chi connectivity index (χ0) is 20.4. The zero-order valence-electron chi connectivity index (χ0n) is 16.7. The largest absolute Gasteiger partial charge is 0.379 e. The van der Waals surface area contributed by atoms with Gasteiger partial charge in [-0.2, -0.15) is 4.31 Å². The average Bonchev–Trinajstić information content (AvgIpc) is 3.10. The van der Waals surface area contributed by atoms with Gasteiger partial charge in [0.1, 0.15) is 5.82 Å². The summed E-state index contributed by atoms with van der Waals surface area (Å²) >= 11 is 1.74. The zero-order valence-corrected chi connectivity index (χ0v) is 18.3. The van der Waals surface area contributed by atoms with Crippen LogP contribution in [0.2, 0.25) is 0 Å². The predicted octanol–water partition coefficient (Wildman–Crippen LogP) is 3.68. The van der Waals surface area contributed by atoms with Crippen molar-refractivity contribution in [2.45, 2.75) is 35.9 Å². The van der Waals surface area contributed by atoms with Crippen molar-refractivity contribution in [1.82, 2.24) is 13.9 Å². The Hall–Kier alpha value is -1.87. The van der Waals surface area contributed by atoms with Gasteiger partial charge in [0.2, 0.25) is 10.0 Å². The lowest BCUT2D eigenvalue weighted by molar-refractivity contribution is 0.0730. The van der Waals surface area contributed by atoms with Crippen LogP contribution in [0.3, 0.4) is 0 Å². The number of aryl methyl sites for hydroxylation is 2. The van der Waals surface area contributed by atoms with E-state index in [1.165, 1.54) is 14.8 Å². The first-order valence-electron chi connectivity index (χ1n) is 9.75. The van der Waals surface area contributed by atoms with E-state index >= 15 is 0 Å². The minimum Gasteiger partial charge on any atom is -0.379 e. The van der Waals surface area contributed by atoms with Crippen molar-refractivity contribution in [3.63, 3.8) is 0 Å². The average molecular weight is 432 g/mol. The van der Waals surface area contributed by atoms with Crippen molar-refractivity contribution in [1.29, 1.82) is 0 Å². The molecule has 6 nitrogen and oxygen atoms in total. The van der Waals surface area contributed by atoms with Crippen LogP contribution < -0.4 is 0 Å². The highest BCUT2D eigenvalue weighted by atomic mass is 32.2. The molecule has 0 N–H and O–H groups in total. The van der Waals surface area contributed by atoms with Crippen LogP contribution in [-0.4, -0.2) is 48.6 Å². The van der Waals surface area contributed by atoms with Crippen molar-refractivity contribution in [3.05, 3.63) is 53.9 Å². The van der Waals surface area contributed by atoms with Gasteiger partial charge in [0.15, 0.2) is 0 Å². The van der Waals surface area contributed by atoms with E-state index < -0.39 is 10.0 Å². The van der Waals surface area contributed by atoms with Crippen LogP contribution in [-0.2, 0) is 27.1 Å². The molecular formula is C21H25N3O3S2. The third kappa shape index (κ3) is 4.21. The Bertz CT molecular complexity index is 1100. The number of nitrogens with zero attached hydrogens (tertiary/aromatic N) is 3. The van der Waals surface area contributed by atoms with Gasteiger partial charge in [0.05, 0.1) is 34.9 Å². The van der Waals surface area contributed by atoms with Crippen LogP contribution in [0.25, 0.3) is 11.0 Å². The molecule has 0 atom stereocenters. The second kappa shape index (κ2) is 8.47. The molecule has 0 bridgehead atoms. The van der Waals surface area contributed by atoms with Crippen LogP contribution >= 0.6 is 11.8 Å². The van der Waals surface area contributed by atoms with E-state index in [9.17, 15) is 8.42 Å². The molecule has 0 saturated carbocycles. The van der Waals surface area contributed by atoms with Gasteiger partial charge in [-0.3, -0.25) is 0 Å². The fourth-order valence-corrected chi connectivity index (χ4v) is 5.77. The van der Waals surface area contributed by atoms with Gasteiger partial charge in [-0.05, 0) is 44.2 Å². The highest BCUT2D eigenvalue weighted by molar-refractivity contribution is 7.98. The second-order valence-electron chi connectivity index (χ2n) is 7.04. The quantitative estimate of drug-likeness (QED) is 0.557. The molecule has 1 aromatic heterocycles. The van der Waals surface area contributed by atoms with Crippen LogP contribution in [0, 0.1) is 6.92 Å². The number of hydrogen-bond donors (Lipinski definition) is 0. The number of imidazole rings is 1. The fourth-order valence-electron chi connectivity index (χ4n) is 3.50. The van der Waals surface area contributed by atoms with Gasteiger partial charge in [-0.1, -0.05) is 17.7 Å². The third-order valence-electron chi connectivity index (χ3n) is 5.11. The molecule has 1 aliphatic rings. The molecule has 154 valence electrons. The number of sulfonamides is 1. The summed E-state index contributed by atoms with van der Waals surface area (Å²) < 4.78 is 34.8. The maximum absolute atomic E-state index is 13.0. The van der Waals surface area contributed by atoms with Crippen molar-refractivity contribution in [3.8, 4) is 0 Å². The van der Waals surface area contributed by atoms with Gasteiger partial charge < -0.3 is 9.30 Å². The Kier molecular flexibility index (Phi) is 5.96. The lowest BCUT2D eigenvalue weighted by Gasteiger charge is -2.26. The summed E-state index contributed by atoms with van der Waals surface area (Å²) in [5.74, 6) is 1.69. The summed E-state index contributed by atoms with van der Waals surface area (Å²) in [5, 5.41) is 0. The molecule has 1 saturated heterocycles. The topological polar surface area (TPSA) is 64.4 Å². The summed E-state index contributed by atoms with van der Waals surface area (Å²) in [5.41, 5.74) is 2.93. The first-order valence-corrected chi connectivity index (χ1v) is 12.2. The maximum atomic E-state index is 13.0. The summed E-state index contributed by atoms with van der Waals surface area (Å²) in [7, 11) is -3.52. The number of ether oxygens (including phenoxy) is 1. The maximum Gasteiger partial charge on any atom is 0.243 e. The Morgan fingerprint density at radius 2 is 1.83 bits per heavy atom. The van der Waals surface area contributed by atoms with Crippen molar-refractivity contribution in [2.24, 2.45) is 0 Å². The van der Waals surface area contributed by atoms with E-state index in [1.807, 2.05) is 6.07 Å². The van der Waals surface area contributed by atoms with Gasteiger partial charge >= 0.3 is 0 Å². The summed E-state index contributed by atoms with van der Waals surface area (Å²) in [4.78, 5) is 6.26. The van der Waals surface area contributed by atoms with Gasteiger partial charge in [-0.15, -0.1) is 11.8 Å². The molecule has 0 aliphatic carbocycles. The minimum absolute atomic E-state index is 0.297. The van der Waals surface area contributed by atoms with Crippen molar-refractivity contribution >= 4 is 32.8 Å². The van der Waals surface area contributed by atoms with Crippen LogP contribution in [0.4, 0.5) is 0 Å². The molecular weight excluding hydrogens is 406 g/mol. The predicted molar refractivity (Wildman–Crippen MR) is 116 cm³/mol. The first-order chi connectivity index (χ1) is 14.0. The normalized spacial score (nSPS) is 15.8. The van der Waals surface area contributed by atoms with E-state index in [1.54, 1.807) is 23.9 Å². The number of hydrogen-bond acceptors (Lipinski definition) is 5. The number of morpholine rings is 1.